The van der Waals surface area contributed by atoms with Crippen molar-refractivity contribution in [3.8, 4) is 23.3 Å². The second-order valence-corrected chi connectivity index (χ2v) is 7.60. The molecule has 2 heterocycles. The van der Waals surface area contributed by atoms with E-state index in [4.69, 9.17) is 36.0 Å². The lowest BCUT2D eigenvalue weighted by molar-refractivity contribution is -0.0681. The van der Waals surface area contributed by atoms with Gasteiger partial charge in [0.25, 0.3) is 5.91 Å². The molecule has 0 aliphatic carbocycles. The number of carbonyl (C=O) groups is 1. The van der Waals surface area contributed by atoms with E-state index in [9.17, 15) is 9.18 Å². The number of carbonyl (C=O) groups excluding carboxylic acids is 1. The zero-order valence-corrected chi connectivity index (χ0v) is 18.4. The number of aromatic nitrogens is 2. The first-order valence-corrected chi connectivity index (χ1v) is 11.1. The van der Waals surface area contributed by atoms with Gasteiger partial charge in [-0.05, 0) is 22.8 Å². The van der Waals surface area contributed by atoms with Crippen molar-refractivity contribution in [2.45, 2.75) is 6.10 Å². The highest BCUT2D eigenvalue weighted by molar-refractivity contribution is 8.19. The molecule has 1 unspecified atom stereocenters. The van der Waals surface area contributed by atoms with Gasteiger partial charge in [-0.2, -0.15) is 10.2 Å². The Hall–Kier alpha value is -2.69. The minimum absolute atomic E-state index is 0.0696. The zero-order chi connectivity index (χ0) is 22.9. The summed E-state index contributed by atoms with van der Waals surface area (Å²) in [4.78, 5) is 26.3. The number of anilines is 1. The van der Waals surface area contributed by atoms with Crippen LogP contribution >= 0.6 is 21.8 Å². The summed E-state index contributed by atoms with van der Waals surface area (Å²) in [5.41, 5.74) is 8.94. The number of hydrogen-bond acceptors (Lipinski definition) is 10. The number of rotatable bonds is 9. The predicted octanol–water partition coefficient (Wildman–Crippen LogP) is 2.11. The van der Waals surface area contributed by atoms with Gasteiger partial charge in [0.2, 0.25) is 5.88 Å². The van der Waals surface area contributed by atoms with Crippen LogP contribution < -0.4 is 16.0 Å². The van der Waals surface area contributed by atoms with Gasteiger partial charge in [0.1, 0.15) is 31.3 Å². The van der Waals surface area contributed by atoms with Crippen LogP contribution in [0.5, 0.6) is 5.88 Å². The van der Waals surface area contributed by atoms with Crippen molar-refractivity contribution in [2.24, 2.45) is 0 Å². The van der Waals surface area contributed by atoms with E-state index in [-0.39, 0.29) is 42.4 Å². The fourth-order valence-electron chi connectivity index (χ4n) is 2.87. The van der Waals surface area contributed by atoms with E-state index in [2.05, 4.69) is 15.4 Å². The van der Waals surface area contributed by atoms with Gasteiger partial charge in [-0.3, -0.25) is 9.63 Å². The molecule has 0 saturated carbocycles. The highest BCUT2D eigenvalue weighted by Gasteiger charge is 2.24. The molecule has 1 saturated heterocycles. The smallest absolute Gasteiger partial charge is 0.284 e. The first kappa shape index (κ1) is 24.0. The van der Waals surface area contributed by atoms with Gasteiger partial charge in [-0.1, -0.05) is 12.1 Å². The first-order valence-electron chi connectivity index (χ1n) is 9.50. The molecule has 170 valence electrons. The van der Waals surface area contributed by atoms with Crippen LogP contribution in [0.1, 0.15) is 15.9 Å². The van der Waals surface area contributed by atoms with Gasteiger partial charge in [0.05, 0.1) is 24.3 Å². The molecule has 0 bridgehead atoms. The van der Waals surface area contributed by atoms with Crippen LogP contribution in [0.4, 0.5) is 10.2 Å². The minimum Gasteiger partial charge on any atom is -0.474 e. The van der Waals surface area contributed by atoms with Gasteiger partial charge in [0, 0.05) is 29.8 Å². The maximum atomic E-state index is 12.7. The molecule has 3 rings (SSSR count). The number of nitrogens with one attached hydrogen (secondary N) is 1. The Morgan fingerprint density at radius 1 is 1.50 bits per heavy atom. The Labute approximate surface area is 192 Å². The van der Waals surface area contributed by atoms with Crippen LogP contribution in [0, 0.1) is 11.3 Å². The standard InChI is InChI=1S/C19H20ClFN6O4S/c20-32-27-5-7-29-14(10-27)11-31-26-18(28)15-16(23)24-17(25-19(15)30-6-4-21)13-3-1-2-12(8-13)9-22/h1-3,8,14H,4-7,10-11H2,(H,26,28)(H2,23,24,25). The summed E-state index contributed by atoms with van der Waals surface area (Å²) in [7, 11) is 5.75. The molecule has 0 radical (unpaired) electrons. The van der Waals surface area contributed by atoms with Gasteiger partial charge >= 0.3 is 0 Å². The molecule has 1 aromatic heterocycles. The van der Waals surface area contributed by atoms with Crippen molar-refractivity contribution in [2.75, 3.05) is 45.3 Å². The van der Waals surface area contributed by atoms with Crippen LogP contribution in [0.2, 0.25) is 0 Å². The Kier molecular flexibility index (Phi) is 8.83. The molecule has 13 heteroatoms. The van der Waals surface area contributed by atoms with Crippen LogP contribution in [-0.4, -0.2) is 65.9 Å². The summed E-state index contributed by atoms with van der Waals surface area (Å²) in [5, 5.41) is 9.09. The largest absolute Gasteiger partial charge is 0.474 e. The molecule has 32 heavy (non-hydrogen) atoms. The summed E-state index contributed by atoms with van der Waals surface area (Å²) in [6.45, 7) is 0.630. The average molecular weight is 483 g/mol. The highest BCUT2D eigenvalue weighted by Crippen LogP contribution is 2.26. The van der Waals surface area contributed by atoms with E-state index in [1.807, 2.05) is 10.4 Å². The quantitative estimate of drug-likeness (QED) is 0.404. The number of benzene rings is 1. The molecule has 3 N–H and O–H groups in total. The fraction of sp³-hybridized carbons (Fsp3) is 0.368. The maximum absolute atomic E-state index is 12.7. The third kappa shape index (κ3) is 6.18. The third-order valence-corrected chi connectivity index (χ3v) is 5.44. The van der Waals surface area contributed by atoms with Gasteiger partial charge in [0.15, 0.2) is 5.82 Å². The normalized spacial score (nSPS) is 16.3. The van der Waals surface area contributed by atoms with Crippen LogP contribution in [0.15, 0.2) is 24.3 Å². The number of nitriles is 1. The molecular formula is C19H20ClFN6O4S. The number of nitrogens with zero attached hydrogens (tertiary/aromatic N) is 4. The summed E-state index contributed by atoms with van der Waals surface area (Å²) in [6, 6.07) is 8.52. The second-order valence-electron chi connectivity index (χ2n) is 6.53. The number of morpholine rings is 1. The molecule has 1 aliphatic heterocycles. The minimum atomic E-state index is -0.797. The van der Waals surface area contributed by atoms with Crippen molar-refractivity contribution in [1.29, 1.82) is 5.26 Å². The lowest BCUT2D eigenvalue weighted by Gasteiger charge is -2.29. The van der Waals surface area contributed by atoms with Crippen molar-refractivity contribution in [3.63, 3.8) is 0 Å². The summed E-state index contributed by atoms with van der Waals surface area (Å²) in [5.74, 6) is -1.02. The lowest BCUT2D eigenvalue weighted by atomic mass is 10.1. The second kappa shape index (κ2) is 11.8. The van der Waals surface area contributed by atoms with Crippen molar-refractivity contribution in [3.05, 3.63) is 35.4 Å². The summed E-state index contributed by atoms with van der Waals surface area (Å²) in [6.07, 6.45) is -0.291. The van der Waals surface area contributed by atoms with Crippen molar-refractivity contribution >= 4 is 33.6 Å². The number of nitrogen functional groups attached to an aromatic ring is 1. The molecule has 1 amide bonds. The molecule has 1 fully saturated rings. The fourth-order valence-corrected chi connectivity index (χ4v) is 3.62. The highest BCUT2D eigenvalue weighted by atomic mass is 35.7. The zero-order valence-electron chi connectivity index (χ0n) is 16.8. The monoisotopic (exact) mass is 482 g/mol. The number of hydrogen-bond donors (Lipinski definition) is 2. The number of nitrogens with two attached hydrogens (primary N) is 1. The molecule has 2 aromatic rings. The first-order chi connectivity index (χ1) is 15.5. The van der Waals surface area contributed by atoms with Crippen LogP contribution in [-0.2, 0) is 9.57 Å². The number of hydroxylamine groups is 1. The Balaban J connectivity index is 1.75. The SMILES string of the molecule is N#Cc1cccc(-c2nc(N)c(C(=O)NOCC3CN(SCl)CCO3)c(OCCF)n2)c1. The van der Waals surface area contributed by atoms with Gasteiger partial charge in [-0.25, -0.2) is 19.2 Å². The van der Waals surface area contributed by atoms with Gasteiger partial charge in [-0.15, -0.1) is 0 Å². The number of halogens is 2. The Morgan fingerprint density at radius 3 is 3.09 bits per heavy atom. The summed E-state index contributed by atoms with van der Waals surface area (Å²) < 4.78 is 25.5. The topological polar surface area (TPSA) is 136 Å². The third-order valence-electron chi connectivity index (χ3n) is 4.33. The predicted molar refractivity (Wildman–Crippen MR) is 116 cm³/mol. The molecule has 1 aliphatic rings. The Bertz CT molecular complexity index is 995. The van der Waals surface area contributed by atoms with Gasteiger partial charge < -0.3 is 15.2 Å². The van der Waals surface area contributed by atoms with Crippen molar-refractivity contribution in [1.82, 2.24) is 19.8 Å². The van der Waals surface area contributed by atoms with Crippen molar-refractivity contribution < 1.29 is 23.5 Å². The van der Waals surface area contributed by atoms with E-state index in [1.165, 1.54) is 0 Å². The molecular weight excluding hydrogens is 463 g/mol. The van der Waals surface area contributed by atoms with E-state index >= 15 is 0 Å². The van der Waals surface area contributed by atoms with E-state index in [1.54, 1.807) is 24.3 Å². The number of ether oxygens (including phenoxy) is 2. The number of amides is 1. The van der Waals surface area contributed by atoms with E-state index in [0.29, 0.717) is 30.8 Å². The van der Waals surface area contributed by atoms with E-state index < -0.39 is 12.6 Å². The maximum Gasteiger partial charge on any atom is 0.284 e. The van der Waals surface area contributed by atoms with Crippen LogP contribution in [0.3, 0.4) is 0 Å². The summed E-state index contributed by atoms with van der Waals surface area (Å²) >= 11 is 1.08. The molecule has 1 atom stereocenters. The number of alkyl halides is 1. The van der Waals surface area contributed by atoms with E-state index in [0.717, 1.165) is 11.2 Å². The molecule has 10 nitrogen and oxygen atoms in total. The lowest BCUT2D eigenvalue weighted by Crippen LogP contribution is -2.42. The molecule has 0 spiro atoms. The Morgan fingerprint density at radius 2 is 2.34 bits per heavy atom. The van der Waals surface area contributed by atoms with Crippen LogP contribution in [0.25, 0.3) is 11.4 Å². The average Bonchev–Trinajstić information content (AvgIpc) is 2.82. The molecule has 1 aromatic carbocycles.